The molecular weight excluding hydrogens is 322 g/mol. The van der Waals surface area contributed by atoms with Crippen LogP contribution in [0.5, 0.6) is 5.75 Å². The smallest absolute Gasteiger partial charge is 0.271 e. The molecule has 0 spiro atoms. The molecule has 10 heteroatoms. The van der Waals surface area contributed by atoms with Crippen LogP contribution in [0.3, 0.4) is 0 Å². The molecule has 1 saturated heterocycles. The molecule has 0 aromatic heterocycles. The highest BCUT2D eigenvalue weighted by Gasteiger charge is 2.34. The third-order valence-electron chi connectivity index (χ3n) is 3.16. The Morgan fingerprint density at radius 3 is 2.62 bits per heavy atom. The number of non-ortho nitro benzene ring substituents is 1. The van der Waals surface area contributed by atoms with Gasteiger partial charge in [-0.1, -0.05) is 0 Å². The maximum absolute atomic E-state index is 12.5. The van der Waals surface area contributed by atoms with Crippen LogP contribution in [0.1, 0.15) is 6.42 Å². The lowest BCUT2D eigenvalue weighted by Gasteiger charge is -2.17. The molecule has 118 valence electrons. The Hall–Kier alpha value is -1.42. The molecule has 0 bridgehead atoms. The number of sulfonamides is 1. The molecule has 0 amide bonds. The topological polar surface area (TPSA) is 116 Å². The number of halogens is 1. The van der Waals surface area contributed by atoms with Crippen LogP contribution in [-0.4, -0.2) is 43.9 Å². The van der Waals surface area contributed by atoms with E-state index >= 15 is 0 Å². The molecule has 1 heterocycles. The molecule has 1 aromatic carbocycles. The van der Waals surface area contributed by atoms with E-state index in [1.807, 2.05) is 0 Å². The van der Waals surface area contributed by atoms with Gasteiger partial charge in [0.05, 0.1) is 12.0 Å². The van der Waals surface area contributed by atoms with Gasteiger partial charge in [-0.2, -0.15) is 4.31 Å². The number of nitrogens with two attached hydrogens (primary N) is 1. The minimum Gasteiger partial charge on any atom is -0.495 e. The van der Waals surface area contributed by atoms with Crippen molar-refractivity contribution in [3.63, 3.8) is 0 Å². The Bertz CT molecular complexity index is 637. The number of rotatable bonds is 4. The molecule has 0 radical (unpaired) electrons. The van der Waals surface area contributed by atoms with Gasteiger partial charge in [0.2, 0.25) is 10.0 Å². The quantitative estimate of drug-likeness (QED) is 0.640. The van der Waals surface area contributed by atoms with Gasteiger partial charge in [-0.15, -0.1) is 12.4 Å². The molecule has 1 fully saturated rings. The van der Waals surface area contributed by atoms with E-state index in [0.29, 0.717) is 13.0 Å². The Balaban J connectivity index is 0.00000220. The Labute approximate surface area is 128 Å². The minimum absolute atomic E-state index is 0. The van der Waals surface area contributed by atoms with Gasteiger partial charge in [-0.3, -0.25) is 10.1 Å². The highest BCUT2D eigenvalue weighted by atomic mass is 35.5. The summed E-state index contributed by atoms with van der Waals surface area (Å²) in [7, 11) is -2.53. The molecule has 1 aromatic rings. The summed E-state index contributed by atoms with van der Waals surface area (Å²) in [5.41, 5.74) is 5.40. The normalized spacial score (nSPS) is 19.0. The molecule has 0 saturated carbocycles. The van der Waals surface area contributed by atoms with Crippen LogP contribution in [0.25, 0.3) is 0 Å². The highest BCUT2D eigenvalue weighted by Crippen LogP contribution is 2.31. The zero-order chi connectivity index (χ0) is 14.9. The Kier molecular flexibility index (Phi) is 5.51. The third-order valence-corrected chi connectivity index (χ3v) is 5.05. The predicted molar refractivity (Wildman–Crippen MR) is 78.2 cm³/mol. The van der Waals surface area contributed by atoms with Crippen LogP contribution in [0.15, 0.2) is 23.1 Å². The summed E-state index contributed by atoms with van der Waals surface area (Å²) in [5.74, 6) is 0.0797. The van der Waals surface area contributed by atoms with Crippen molar-refractivity contribution in [2.24, 2.45) is 5.73 Å². The average Bonchev–Trinajstić information content (AvgIpc) is 2.85. The maximum Gasteiger partial charge on any atom is 0.271 e. The van der Waals surface area contributed by atoms with E-state index in [9.17, 15) is 18.5 Å². The van der Waals surface area contributed by atoms with Gasteiger partial charge in [0, 0.05) is 31.3 Å². The van der Waals surface area contributed by atoms with Crippen LogP contribution < -0.4 is 10.5 Å². The van der Waals surface area contributed by atoms with Gasteiger partial charge in [0.25, 0.3) is 5.69 Å². The largest absolute Gasteiger partial charge is 0.495 e. The van der Waals surface area contributed by atoms with E-state index in [2.05, 4.69) is 0 Å². The average molecular weight is 338 g/mol. The van der Waals surface area contributed by atoms with Gasteiger partial charge in [0.15, 0.2) is 0 Å². The number of hydrogen-bond acceptors (Lipinski definition) is 6. The number of ether oxygens (including phenoxy) is 1. The number of hydrogen-bond donors (Lipinski definition) is 1. The monoisotopic (exact) mass is 337 g/mol. The number of nitrogens with zero attached hydrogens (tertiary/aromatic N) is 2. The van der Waals surface area contributed by atoms with Crippen LogP contribution in [0, 0.1) is 10.1 Å². The van der Waals surface area contributed by atoms with Gasteiger partial charge in [0.1, 0.15) is 10.6 Å². The Morgan fingerprint density at radius 1 is 1.48 bits per heavy atom. The standard InChI is InChI=1S/C11H15N3O5S.ClH/c1-19-10-3-2-9(14(15)16)6-11(10)20(17,18)13-5-4-8(12)7-13;/h2-3,6,8H,4-5,7,12H2,1H3;1H/t8-;/m0./s1. The fraction of sp³-hybridized carbons (Fsp3) is 0.455. The second-order valence-corrected chi connectivity index (χ2v) is 6.41. The number of nitro groups is 1. The fourth-order valence-electron chi connectivity index (χ4n) is 2.09. The first-order valence-corrected chi connectivity index (χ1v) is 7.38. The highest BCUT2D eigenvalue weighted by molar-refractivity contribution is 7.89. The van der Waals surface area contributed by atoms with Crippen molar-refractivity contribution in [3.05, 3.63) is 28.3 Å². The third kappa shape index (κ3) is 3.43. The van der Waals surface area contributed by atoms with Gasteiger partial charge < -0.3 is 10.5 Å². The lowest BCUT2D eigenvalue weighted by Crippen LogP contribution is -2.32. The molecular formula is C11H16ClN3O5S. The first kappa shape index (κ1) is 17.6. The van der Waals surface area contributed by atoms with E-state index in [1.54, 1.807) is 0 Å². The first-order valence-electron chi connectivity index (χ1n) is 5.94. The van der Waals surface area contributed by atoms with Crippen molar-refractivity contribution in [2.45, 2.75) is 17.4 Å². The molecule has 2 N–H and O–H groups in total. The number of methoxy groups -OCH3 is 1. The van der Waals surface area contributed by atoms with Gasteiger partial charge >= 0.3 is 0 Å². The van der Waals surface area contributed by atoms with Crippen molar-refractivity contribution in [2.75, 3.05) is 20.2 Å². The zero-order valence-corrected chi connectivity index (χ0v) is 12.9. The minimum atomic E-state index is -3.85. The molecule has 0 unspecified atom stereocenters. The summed E-state index contributed by atoms with van der Waals surface area (Å²) in [5, 5.41) is 10.8. The van der Waals surface area contributed by atoms with E-state index in [1.165, 1.54) is 23.5 Å². The predicted octanol–water partition coefficient (Wildman–Crippen LogP) is 0.747. The summed E-state index contributed by atoms with van der Waals surface area (Å²) >= 11 is 0. The number of benzene rings is 1. The first-order chi connectivity index (χ1) is 9.36. The molecule has 1 aliphatic rings. The van der Waals surface area contributed by atoms with Crippen molar-refractivity contribution in [1.29, 1.82) is 0 Å². The van der Waals surface area contributed by atoms with Crippen molar-refractivity contribution < 1.29 is 18.1 Å². The fourth-order valence-corrected chi connectivity index (χ4v) is 3.78. The van der Waals surface area contributed by atoms with Crippen LogP contribution in [0.4, 0.5) is 5.69 Å². The second kappa shape index (κ2) is 6.56. The van der Waals surface area contributed by atoms with Crippen molar-refractivity contribution >= 4 is 28.1 Å². The lowest BCUT2D eigenvalue weighted by atomic mass is 10.3. The van der Waals surface area contributed by atoms with E-state index in [-0.39, 0.29) is 41.3 Å². The van der Waals surface area contributed by atoms with Crippen molar-refractivity contribution in [3.8, 4) is 5.75 Å². The summed E-state index contributed by atoms with van der Waals surface area (Å²) in [6, 6.07) is 3.28. The zero-order valence-electron chi connectivity index (χ0n) is 11.3. The Morgan fingerprint density at radius 2 is 2.14 bits per heavy atom. The molecule has 21 heavy (non-hydrogen) atoms. The van der Waals surface area contributed by atoms with Crippen LogP contribution >= 0.6 is 12.4 Å². The molecule has 0 aliphatic carbocycles. The summed E-state index contributed by atoms with van der Waals surface area (Å²) in [4.78, 5) is 9.94. The lowest BCUT2D eigenvalue weighted by molar-refractivity contribution is -0.385. The summed E-state index contributed by atoms with van der Waals surface area (Å²) < 4.78 is 31.2. The molecule has 2 rings (SSSR count). The molecule has 1 atom stereocenters. The molecule has 8 nitrogen and oxygen atoms in total. The van der Waals surface area contributed by atoms with Crippen molar-refractivity contribution in [1.82, 2.24) is 4.31 Å². The molecule has 1 aliphatic heterocycles. The maximum atomic E-state index is 12.5. The van der Waals surface area contributed by atoms with E-state index in [0.717, 1.165) is 6.07 Å². The van der Waals surface area contributed by atoms with E-state index < -0.39 is 14.9 Å². The van der Waals surface area contributed by atoms with Crippen LogP contribution in [0.2, 0.25) is 0 Å². The van der Waals surface area contributed by atoms with Gasteiger partial charge in [-0.05, 0) is 12.5 Å². The number of nitro benzene ring substituents is 1. The van der Waals surface area contributed by atoms with E-state index in [4.69, 9.17) is 10.5 Å². The van der Waals surface area contributed by atoms with Gasteiger partial charge in [-0.25, -0.2) is 8.42 Å². The SMILES string of the molecule is COc1ccc([N+](=O)[O-])cc1S(=O)(=O)N1CC[C@H](N)C1.Cl. The summed E-state index contributed by atoms with van der Waals surface area (Å²) in [6.45, 7) is 0.503. The second-order valence-electron chi connectivity index (χ2n) is 4.50. The van der Waals surface area contributed by atoms with Crippen LogP contribution in [-0.2, 0) is 10.0 Å². The summed E-state index contributed by atoms with van der Waals surface area (Å²) in [6.07, 6.45) is 0.566.